The van der Waals surface area contributed by atoms with E-state index in [0.717, 1.165) is 28.3 Å². The van der Waals surface area contributed by atoms with Gasteiger partial charge < -0.3 is 20.8 Å². The fourth-order valence-electron chi connectivity index (χ4n) is 3.52. The Morgan fingerprint density at radius 3 is 2.18 bits per heavy atom. The zero-order valence-electron chi connectivity index (χ0n) is 17.7. The van der Waals surface area contributed by atoms with E-state index < -0.39 is 5.91 Å². The summed E-state index contributed by atoms with van der Waals surface area (Å²) in [5, 5.41) is 9.27. The van der Waals surface area contributed by atoms with Gasteiger partial charge in [0.25, 0.3) is 5.91 Å². The smallest absolute Gasteiger partial charge is 0.268 e. The van der Waals surface area contributed by atoms with Crippen LogP contribution in [0.1, 0.15) is 5.56 Å². The third-order valence-corrected chi connectivity index (χ3v) is 4.94. The quantitative estimate of drug-likeness (QED) is 0.346. The molecule has 0 saturated heterocycles. The minimum Gasteiger partial charge on any atom is -0.457 e. The van der Waals surface area contributed by atoms with Gasteiger partial charge in [0.1, 0.15) is 18.0 Å². The number of para-hydroxylation sites is 1. The second-order valence-corrected chi connectivity index (χ2v) is 7.25. The molecule has 0 radical (unpaired) electrons. The van der Waals surface area contributed by atoms with Crippen LogP contribution in [0.25, 0.3) is 22.5 Å². The van der Waals surface area contributed by atoms with Crippen molar-refractivity contribution in [3.8, 4) is 40.1 Å². The summed E-state index contributed by atoms with van der Waals surface area (Å²) in [6.45, 7) is -0.0609. The molecule has 0 aliphatic heterocycles. The van der Waals surface area contributed by atoms with E-state index in [1.165, 1.54) is 0 Å². The molecule has 3 aromatic carbocycles. The number of ether oxygens (including phenoxy) is 1. The average molecular weight is 435 g/mol. The Morgan fingerprint density at radius 2 is 1.52 bits per heavy atom. The predicted molar refractivity (Wildman–Crippen MR) is 127 cm³/mol. The lowest BCUT2D eigenvalue weighted by atomic mass is 10.1. The van der Waals surface area contributed by atoms with E-state index in [9.17, 15) is 10.1 Å². The van der Waals surface area contributed by atoms with Gasteiger partial charge in [-0.2, -0.15) is 10.3 Å². The third-order valence-electron chi connectivity index (χ3n) is 4.94. The second-order valence-electron chi connectivity index (χ2n) is 7.25. The van der Waals surface area contributed by atoms with Crippen LogP contribution in [0.3, 0.4) is 0 Å². The zero-order chi connectivity index (χ0) is 23.2. The largest absolute Gasteiger partial charge is 0.457 e. The Morgan fingerprint density at radius 1 is 0.848 bits per heavy atom. The number of nitrogens with two attached hydrogens (primary N) is 2. The summed E-state index contributed by atoms with van der Waals surface area (Å²) >= 11 is 0. The number of nitrogens with zero attached hydrogens (tertiary/aromatic N) is 3. The normalized spacial score (nSPS) is 10.3. The molecule has 0 atom stereocenters. The summed E-state index contributed by atoms with van der Waals surface area (Å²) in [4.78, 5) is 16.1. The van der Waals surface area contributed by atoms with Crippen molar-refractivity contribution in [3.63, 3.8) is 0 Å². The number of aliphatic imine (C=N–C) groups is 1. The number of aromatic nitrogens is 1. The Kier molecular flexibility index (Phi) is 6.19. The maximum Gasteiger partial charge on any atom is 0.268 e. The molecule has 4 N–H and O–H groups in total. The number of carbonyl (C=O) groups is 1. The molecule has 0 saturated carbocycles. The van der Waals surface area contributed by atoms with Crippen molar-refractivity contribution in [1.29, 1.82) is 5.26 Å². The molecule has 0 aliphatic rings. The van der Waals surface area contributed by atoms with E-state index in [1.807, 2.05) is 77.4 Å². The topological polar surface area (TPSA) is 119 Å². The van der Waals surface area contributed by atoms with Gasteiger partial charge >= 0.3 is 0 Å². The Balaban J connectivity index is 1.71. The number of hydrogen-bond acceptors (Lipinski definition) is 3. The van der Waals surface area contributed by atoms with Crippen LogP contribution in [0.2, 0.25) is 0 Å². The van der Waals surface area contributed by atoms with E-state index in [0.29, 0.717) is 11.3 Å². The van der Waals surface area contributed by atoms with Crippen LogP contribution in [-0.4, -0.2) is 16.4 Å². The first-order valence-corrected chi connectivity index (χ1v) is 10.2. The van der Waals surface area contributed by atoms with Crippen molar-refractivity contribution in [2.45, 2.75) is 6.54 Å². The monoisotopic (exact) mass is 435 g/mol. The molecule has 4 aromatic rings. The molecular formula is C26H21N5O2. The standard InChI is InChI=1S/C26H21N5O2/c27-16-18-5-4-6-20(15-18)24-14-13-23(31(24)17-25(32)30-26(28)29)19-9-11-22(12-10-19)33-21-7-2-1-3-8-21/h1-15H,17H2,(H4,28,29,30,32). The number of amides is 1. The highest BCUT2D eigenvalue weighted by Gasteiger charge is 2.15. The fourth-order valence-corrected chi connectivity index (χ4v) is 3.52. The van der Waals surface area contributed by atoms with E-state index in [4.69, 9.17) is 16.2 Å². The first kappa shape index (κ1) is 21.4. The van der Waals surface area contributed by atoms with Crippen LogP contribution in [0.4, 0.5) is 0 Å². The van der Waals surface area contributed by atoms with Crippen LogP contribution in [-0.2, 0) is 11.3 Å². The summed E-state index contributed by atoms with van der Waals surface area (Å²) in [5.74, 6) is 0.677. The second kappa shape index (κ2) is 9.54. The van der Waals surface area contributed by atoms with Gasteiger partial charge in [-0.25, -0.2) is 0 Å². The minimum atomic E-state index is -0.478. The molecule has 0 unspecified atom stereocenters. The van der Waals surface area contributed by atoms with Crippen molar-refractivity contribution in [2.75, 3.05) is 0 Å². The van der Waals surface area contributed by atoms with Gasteiger partial charge in [0, 0.05) is 11.4 Å². The molecule has 4 rings (SSSR count). The van der Waals surface area contributed by atoms with Crippen molar-refractivity contribution in [1.82, 2.24) is 4.57 Å². The summed E-state index contributed by atoms with van der Waals surface area (Å²) in [6.07, 6.45) is 0. The van der Waals surface area contributed by atoms with Crippen molar-refractivity contribution < 1.29 is 9.53 Å². The molecule has 33 heavy (non-hydrogen) atoms. The van der Waals surface area contributed by atoms with E-state index in [1.54, 1.807) is 18.2 Å². The lowest BCUT2D eigenvalue weighted by molar-refractivity contribution is -0.118. The predicted octanol–water partition coefficient (Wildman–Crippen LogP) is 4.29. The van der Waals surface area contributed by atoms with Gasteiger partial charge in [-0.15, -0.1) is 0 Å². The SMILES string of the molecule is N#Cc1cccc(-c2ccc(-c3ccc(Oc4ccccc4)cc3)n2CC(=O)N=C(N)N)c1. The van der Waals surface area contributed by atoms with Gasteiger partial charge in [0.2, 0.25) is 0 Å². The van der Waals surface area contributed by atoms with E-state index >= 15 is 0 Å². The number of rotatable bonds is 6. The summed E-state index contributed by atoms with van der Waals surface area (Å²) in [6, 6.07) is 30.3. The number of benzene rings is 3. The van der Waals surface area contributed by atoms with Gasteiger partial charge in [-0.05, 0) is 71.8 Å². The van der Waals surface area contributed by atoms with Crippen LogP contribution in [0.5, 0.6) is 11.5 Å². The summed E-state index contributed by atoms with van der Waals surface area (Å²) in [5.41, 5.74) is 14.6. The highest BCUT2D eigenvalue weighted by atomic mass is 16.5. The van der Waals surface area contributed by atoms with Crippen LogP contribution >= 0.6 is 0 Å². The highest BCUT2D eigenvalue weighted by Crippen LogP contribution is 2.31. The molecule has 1 amide bonds. The minimum absolute atomic E-state index is 0.0609. The number of hydrogen-bond donors (Lipinski definition) is 2. The zero-order valence-corrected chi connectivity index (χ0v) is 17.7. The Bertz CT molecular complexity index is 1350. The summed E-state index contributed by atoms with van der Waals surface area (Å²) < 4.78 is 7.70. The third kappa shape index (κ3) is 5.09. The average Bonchev–Trinajstić information content (AvgIpc) is 3.23. The molecule has 0 fully saturated rings. The maximum absolute atomic E-state index is 12.4. The number of nitriles is 1. The lowest BCUT2D eigenvalue weighted by Gasteiger charge is -2.13. The molecule has 7 nitrogen and oxygen atoms in total. The number of carbonyl (C=O) groups excluding carboxylic acids is 1. The molecule has 0 aliphatic carbocycles. The van der Waals surface area contributed by atoms with Gasteiger partial charge in [-0.1, -0.05) is 30.3 Å². The summed E-state index contributed by atoms with van der Waals surface area (Å²) in [7, 11) is 0. The number of guanidine groups is 1. The van der Waals surface area contributed by atoms with Gasteiger partial charge in [0.05, 0.1) is 11.6 Å². The van der Waals surface area contributed by atoms with Gasteiger partial charge in [0.15, 0.2) is 5.96 Å². The van der Waals surface area contributed by atoms with E-state index in [2.05, 4.69) is 11.1 Å². The first-order valence-electron chi connectivity index (χ1n) is 10.2. The van der Waals surface area contributed by atoms with Crippen LogP contribution < -0.4 is 16.2 Å². The fraction of sp³-hybridized carbons (Fsp3) is 0.0385. The molecular weight excluding hydrogens is 414 g/mol. The van der Waals surface area contributed by atoms with Crippen molar-refractivity contribution in [2.24, 2.45) is 16.5 Å². The Hall–Kier alpha value is -4.83. The molecule has 0 bridgehead atoms. The molecule has 162 valence electrons. The molecule has 1 aromatic heterocycles. The van der Waals surface area contributed by atoms with Crippen LogP contribution in [0, 0.1) is 11.3 Å². The maximum atomic E-state index is 12.4. The molecule has 1 heterocycles. The van der Waals surface area contributed by atoms with Gasteiger partial charge in [-0.3, -0.25) is 4.79 Å². The first-order chi connectivity index (χ1) is 16.0. The lowest BCUT2D eigenvalue weighted by Crippen LogP contribution is -2.25. The highest BCUT2D eigenvalue weighted by molar-refractivity contribution is 5.92. The Labute approximate surface area is 191 Å². The van der Waals surface area contributed by atoms with Crippen LogP contribution in [0.15, 0.2) is 96.0 Å². The van der Waals surface area contributed by atoms with E-state index in [-0.39, 0.29) is 12.5 Å². The van der Waals surface area contributed by atoms with Crippen molar-refractivity contribution in [3.05, 3.63) is 96.6 Å². The molecule has 0 spiro atoms. The van der Waals surface area contributed by atoms with Crippen molar-refractivity contribution >= 4 is 11.9 Å². The molecule has 7 heteroatoms.